The average molecular weight is 293 g/mol. The minimum Gasteiger partial charge on any atom is -0.316 e. The molecule has 114 valence electrons. The lowest BCUT2D eigenvalue weighted by molar-refractivity contribution is -0.190. The van der Waals surface area contributed by atoms with E-state index in [1.54, 1.807) is 5.32 Å². The Bertz CT molecular complexity index is 434. The number of carbonyl (C=O) groups is 2. The molecule has 0 spiro atoms. The van der Waals surface area contributed by atoms with Crippen LogP contribution in [-0.2, 0) is 4.79 Å². The maximum Gasteiger partial charge on any atom is 0.420 e. The van der Waals surface area contributed by atoms with Crippen LogP contribution < -0.4 is 10.6 Å². The van der Waals surface area contributed by atoms with E-state index in [9.17, 15) is 22.8 Å². The molecule has 8 heteroatoms. The maximum atomic E-state index is 12.8. The smallest absolute Gasteiger partial charge is 0.316 e. The van der Waals surface area contributed by atoms with Crippen molar-refractivity contribution in [3.63, 3.8) is 0 Å². The van der Waals surface area contributed by atoms with Gasteiger partial charge >= 0.3 is 12.2 Å². The summed E-state index contributed by atoms with van der Waals surface area (Å²) < 4.78 is 38.5. The molecule has 2 N–H and O–H groups in total. The van der Waals surface area contributed by atoms with Crippen LogP contribution in [0.15, 0.2) is 12.2 Å². The normalized spacial score (nSPS) is 23.4. The third kappa shape index (κ3) is 3.12. The van der Waals surface area contributed by atoms with Gasteiger partial charge in [-0.15, -0.1) is 0 Å². The van der Waals surface area contributed by atoms with Crippen LogP contribution in [0.4, 0.5) is 18.0 Å². The average Bonchev–Trinajstić information content (AvgIpc) is 2.50. The molecule has 0 radical (unpaired) electrons. The number of rotatable bonds is 5. The van der Waals surface area contributed by atoms with Gasteiger partial charge in [0.15, 0.2) is 0 Å². The molecule has 1 atom stereocenters. The number of hydrogen-bond donors (Lipinski definition) is 2. The van der Waals surface area contributed by atoms with Crippen molar-refractivity contribution in [2.45, 2.75) is 38.5 Å². The summed E-state index contributed by atoms with van der Waals surface area (Å²) in [6, 6.07) is -0.893. The second-order valence-corrected chi connectivity index (χ2v) is 5.23. The molecule has 0 aromatic carbocycles. The van der Waals surface area contributed by atoms with Gasteiger partial charge in [0.25, 0.3) is 5.91 Å². The van der Waals surface area contributed by atoms with E-state index in [0.717, 1.165) is 0 Å². The van der Waals surface area contributed by atoms with E-state index in [0.29, 0.717) is 23.9 Å². The first-order valence-electron chi connectivity index (χ1n) is 6.10. The molecule has 0 aromatic heterocycles. The number of imide groups is 1. The van der Waals surface area contributed by atoms with Crippen LogP contribution >= 0.6 is 0 Å². The molecule has 5 nitrogen and oxygen atoms in total. The Morgan fingerprint density at radius 3 is 2.40 bits per heavy atom. The highest BCUT2D eigenvalue weighted by molar-refractivity contribution is 6.07. The first-order valence-corrected chi connectivity index (χ1v) is 6.10. The van der Waals surface area contributed by atoms with Crippen LogP contribution in [0.1, 0.15) is 20.8 Å². The SMILES string of the molecule is C=C(CNC(C)C)CN1C(=O)NC(C)(C(F)(F)F)C1=O. The fourth-order valence-corrected chi connectivity index (χ4v) is 1.66. The Balaban J connectivity index is 2.76. The quantitative estimate of drug-likeness (QED) is 0.595. The number of urea groups is 1. The van der Waals surface area contributed by atoms with Gasteiger partial charge in [0.1, 0.15) is 0 Å². The second-order valence-electron chi connectivity index (χ2n) is 5.23. The number of carbonyl (C=O) groups excluding carboxylic acids is 2. The number of amides is 3. The van der Waals surface area contributed by atoms with Crippen molar-refractivity contribution < 1.29 is 22.8 Å². The molecular formula is C12H18F3N3O2. The van der Waals surface area contributed by atoms with E-state index < -0.39 is 23.7 Å². The maximum absolute atomic E-state index is 12.8. The van der Waals surface area contributed by atoms with E-state index in [2.05, 4.69) is 11.9 Å². The molecule has 1 rings (SSSR count). The zero-order chi connectivity index (χ0) is 15.7. The van der Waals surface area contributed by atoms with Gasteiger partial charge < -0.3 is 10.6 Å². The van der Waals surface area contributed by atoms with Gasteiger partial charge in [-0.2, -0.15) is 13.2 Å². The summed E-state index contributed by atoms with van der Waals surface area (Å²) in [5, 5.41) is 4.70. The highest BCUT2D eigenvalue weighted by Crippen LogP contribution is 2.35. The summed E-state index contributed by atoms with van der Waals surface area (Å²) in [7, 11) is 0. The Morgan fingerprint density at radius 1 is 1.45 bits per heavy atom. The van der Waals surface area contributed by atoms with Gasteiger partial charge in [0.05, 0.1) is 6.54 Å². The van der Waals surface area contributed by atoms with Crippen molar-refractivity contribution in [3.8, 4) is 0 Å². The van der Waals surface area contributed by atoms with Crippen LogP contribution in [0.2, 0.25) is 0 Å². The molecule has 1 fully saturated rings. The molecular weight excluding hydrogens is 275 g/mol. The van der Waals surface area contributed by atoms with E-state index in [-0.39, 0.29) is 12.6 Å². The predicted octanol–water partition coefficient (Wildman–Crippen LogP) is 1.41. The van der Waals surface area contributed by atoms with Crippen molar-refractivity contribution in [2.75, 3.05) is 13.1 Å². The highest BCUT2D eigenvalue weighted by atomic mass is 19.4. The second kappa shape index (κ2) is 5.43. The fourth-order valence-electron chi connectivity index (χ4n) is 1.66. The molecule has 1 aliphatic heterocycles. The van der Waals surface area contributed by atoms with E-state index in [1.165, 1.54) is 0 Å². The minimum absolute atomic E-state index is 0.162. The topological polar surface area (TPSA) is 61.4 Å². The zero-order valence-electron chi connectivity index (χ0n) is 11.6. The number of alkyl halides is 3. The first kappa shape index (κ1) is 16.5. The molecule has 1 unspecified atom stereocenters. The number of nitrogens with one attached hydrogen (secondary N) is 2. The summed E-state index contributed by atoms with van der Waals surface area (Å²) in [6.07, 6.45) is -4.84. The lowest BCUT2D eigenvalue weighted by Gasteiger charge is -2.24. The van der Waals surface area contributed by atoms with Crippen molar-refractivity contribution in [3.05, 3.63) is 12.2 Å². The van der Waals surface area contributed by atoms with E-state index in [4.69, 9.17) is 0 Å². The Labute approximate surface area is 115 Å². The van der Waals surface area contributed by atoms with Gasteiger partial charge in [-0.05, 0) is 12.5 Å². The number of halogens is 3. The minimum atomic E-state index is -4.84. The molecule has 20 heavy (non-hydrogen) atoms. The summed E-state index contributed by atoms with van der Waals surface area (Å²) in [4.78, 5) is 23.9. The molecule has 1 saturated heterocycles. The summed E-state index contributed by atoms with van der Waals surface area (Å²) in [5.74, 6) is -1.30. The van der Waals surface area contributed by atoms with E-state index in [1.807, 2.05) is 13.8 Å². The summed E-state index contributed by atoms with van der Waals surface area (Å²) >= 11 is 0. The molecule has 1 heterocycles. The first-order chi connectivity index (χ1) is 8.99. The van der Waals surface area contributed by atoms with Crippen molar-refractivity contribution in [1.29, 1.82) is 0 Å². The van der Waals surface area contributed by atoms with Crippen LogP contribution in [0.5, 0.6) is 0 Å². The van der Waals surface area contributed by atoms with Crippen LogP contribution in [0.25, 0.3) is 0 Å². The van der Waals surface area contributed by atoms with Crippen LogP contribution in [0.3, 0.4) is 0 Å². The Morgan fingerprint density at radius 2 is 2.00 bits per heavy atom. The standard InChI is InChI=1S/C12H18F3N3O2/c1-7(2)16-5-8(3)6-18-9(19)11(4,12(13,14)15)17-10(18)20/h7,16H,3,5-6H2,1-2,4H3,(H,17,20). The third-order valence-electron chi connectivity index (χ3n) is 2.98. The largest absolute Gasteiger partial charge is 0.420 e. The monoisotopic (exact) mass is 293 g/mol. The lowest BCUT2D eigenvalue weighted by atomic mass is 10.0. The van der Waals surface area contributed by atoms with Crippen molar-refractivity contribution >= 4 is 11.9 Å². The summed E-state index contributed by atoms with van der Waals surface area (Å²) in [6.45, 7) is 8.16. The molecule has 3 amide bonds. The summed E-state index contributed by atoms with van der Waals surface area (Å²) in [5.41, 5.74) is -2.41. The molecule has 0 aromatic rings. The van der Waals surface area contributed by atoms with Crippen LogP contribution in [0, 0.1) is 0 Å². The fraction of sp³-hybridized carbons (Fsp3) is 0.667. The number of nitrogens with zero attached hydrogens (tertiary/aromatic N) is 1. The molecule has 0 bridgehead atoms. The number of hydrogen-bond acceptors (Lipinski definition) is 3. The van der Waals surface area contributed by atoms with Gasteiger partial charge in [0.2, 0.25) is 5.54 Å². The van der Waals surface area contributed by atoms with Gasteiger partial charge in [0, 0.05) is 12.6 Å². The van der Waals surface area contributed by atoms with Gasteiger partial charge in [-0.1, -0.05) is 20.4 Å². The predicted molar refractivity (Wildman–Crippen MR) is 67.0 cm³/mol. The Kier molecular flexibility index (Phi) is 4.48. The third-order valence-corrected chi connectivity index (χ3v) is 2.98. The molecule has 0 aliphatic carbocycles. The zero-order valence-corrected chi connectivity index (χ0v) is 11.6. The van der Waals surface area contributed by atoms with E-state index >= 15 is 0 Å². The van der Waals surface area contributed by atoms with Crippen molar-refractivity contribution in [2.24, 2.45) is 0 Å². The highest BCUT2D eigenvalue weighted by Gasteiger charge is 2.64. The van der Waals surface area contributed by atoms with Crippen molar-refractivity contribution in [1.82, 2.24) is 15.5 Å². The van der Waals surface area contributed by atoms with Gasteiger partial charge in [-0.3, -0.25) is 9.69 Å². The van der Waals surface area contributed by atoms with Crippen LogP contribution in [-0.4, -0.2) is 47.7 Å². The molecule has 1 aliphatic rings. The molecule has 0 saturated carbocycles. The lowest BCUT2D eigenvalue weighted by Crippen LogP contribution is -2.56. The Hall–Kier alpha value is -1.57. The van der Waals surface area contributed by atoms with Gasteiger partial charge in [-0.25, -0.2) is 4.79 Å².